The normalized spacial score (nSPS) is 25.1. The van der Waals surface area contributed by atoms with Crippen molar-refractivity contribution in [2.75, 3.05) is 11.5 Å². The number of amides is 1. The van der Waals surface area contributed by atoms with Crippen molar-refractivity contribution >= 4 is 57.2 Å². The third-order valence-corrected chi connectivity index (χ3v) is 10.2. The Balaban J connectivity index is 1.37. The molecule has 1 amide bonds. The van der Waals surface area contributed by atoms with Gasteiger partial charge < -0.3 is 19.7 Å². The lowest BCUT2D eigenvalue weighted by Crippen LogP contribution is -2.55. The van der Waals surface area contributed by atoms with E-state index < -0.39 is 17.2 Å². The van der Waals surface area contributed by atoms with Crippen molar-refractivity contribution in [2.45, 2.75) is 95.7 Å². The molecule has 1 aromatic carbocycles. The fourth-order valence-electron chi connectivity index (χ4n) is 7.40. The summed E-state index contributed by atoms with van der Waals surface area (Å²) in [6.45, 7) is 8.19. The van der Waals surface area contributed by atoms with Crippen LogP contribution in [0.1, 0.15) is 72.4 Å². The molecule has 4 atom stereocenters. The van der Waals surface area contributed by atoms with E-state index in [0.29, 0.717) is 62.3 Å². The number of halogens is 2. The van der Waals surface area contributed by atoms with E-state index in [1.807, 2.05) is 39.8 Å². The van der Waals surface area contributed by atoms with Crippen LogP contribution in [0.2, 0.25) is 10.2 Å². The van der Waals surface area contributed by atoms with Gasteiger partial charge in [-0.1, -0.05) is 23.2 Å². The van der Waals surface area contributed by atoms with E-state index in [9.17, 15) is 9.59 Å². The maximum absolute atomic E-state index is 14.4. The molecule has 0 spiro atoms. The van der Waals surface area contributed by atoms with Crippen LogP contribution in [0.15, 0.2) is 16.9 Å². The van der Waals surface area contributed by atoms with Gasteiger partial charge in [0, 0.05) is 32.3 Å². The number of nitrogens with one attached hydrogen (secondary N) is 1. The van der Waals surface area contributed by atoms with Crippen molar-refractivity contribution in [3.05, 3.63) is 32.7 Å². The van der Waals surface area contributed by atoms with Crippen molar-refractivity contribution in [1.82, 2.24) is 34.4 Å². The van der Waals surface area contributed by atoms with Gasteiger partial charge >= 0.3 is 6.09 Å². The topological polar surface area (TPSA) is 121 Å². The lowest BCUT2D eigenvalue weighted by Gasteiger charge is -2.35. The number of benzene rings is 1. The minimum Gasteiger partial charge on any atom is -0.444 e. The first-order valence-corrected chi connectivity index (χ1v) is 16.2. The predicted molar refractivity (Wildman–Crippen MR) is 173 cm³/mol. The third-order valence-electron chi connectivity index (χ3n) is 9.38. The highest BCUT2D eigenvalue weighted by atomic mass is 35.5. The van der Waals surface area contributed by atoms with E-state index in [1.54, 1.807) is 28.0 Å². The predicted octanol–water partition coefficient (Wildman–Crippen LogP) is 5.71. The number of aryl methyl sites for hydroxylation is 1. The number of fused-ring (bicyclic) bond motifs is 4. The van der Waals surface area contributed by atoms with Gasteiger partial charge in [-0.05, 0) is 78.4 Å². The molecule has 3 aromatic heterocycles. The maximum atomic E-state index is 14.4. The summed E-state index contributed by atoms with van der Waals surface area (Å²) in [7, 11) is 3.49. The Hall–Kier alpha value is -3.35. The van der Waals surface area contributed by atoms with Crippen molar-refractivity contribution in [2.24, 2.45) is 14.1 Å². The van der Waals surface area contributed by atoms with Crippen molar-refractivity contribution in [1.29, 1.82) is 0 Å². The molecule has 45 heavy (non-hydrogen) atoms. The van der Waals surface area contributed by atoms with Gasteiger partial charge in [-0.15, -0.1) is 0 Å². The minimum absolute atomic E-state index is 0.0723. The number of carbonyl (C=O) groups excluding carboxylic acids is 1. The van der Waals surface area contributed by atoms with Gasteiger partial charge in [-0.25, -0.2) is 9.48 Å². The maximum Gasteiger partial charge on any atom is 0.408 e. The number of nitrogens with zero attached hydrogens (tertiary/aromatic N) is 7. The highest BCUT2D eigenvalue weighted by molar-refractivity contribution is 6.43. The Morgan fingerprint density at radius 2 is 1.89 bits per heavy atom. The second-order valence-electron chi connectivity index (χ2n) is 13.7. The summed E-state index contributed by atoms with van der Waals surface area (Å²) < 4.78 is 16.7. The number of alkyl carbamates (subject to hydrolysis) is 1. The quantitative estimate of drug-likeness (QED) is 0.296. The second-order valence-corrected chi connectivity index (χ2v) is 14.5. The van der Waals surface area contributed by atoms with Crippen molar-refractivity contribution in [3.63, 3.8) is 0 Å². The summed E-state index contributed by atoms with van der Waals surface area (Å²) in [5, 5.41) is 14.3. The van der Waals surface area contributed by atoms with Gasteiger partial charge in [-0.3, -0.25) is 14.0 Å². The molecule has 4 aromatic rings. The second kappa shape index (κ2) is 10.6. The number of hydrogen-bond donors (Lipinski definition) is 1. The summed E-state index contributed by atoms with van der Waals surface area (Å²) in [4.78, 5) is 34.6. The number of ether oxygens (including phenoxy) is 2. The van der Waals surface area contributed by atoms with Crippen LogP contribution in [0.3, 0.4) is 0 Å². The van der Waals surface area contributed by atoms with E-state index in [-0.39, 0.29) is 23.9 Å². The van der Waals surface area contributed by atoms with Crippen LogP contribution in [0.4, 0.5) is 10.7 Å². The number of aromatic nitrogens is 6. The molecule has 7 rings (SSSR count). The first-order valence-electron chi connectivity index (χ1n) is 15.5. The largest absolute Gasteiger partial charge is 0.444 e. The Morgan fingerprint density at radius 1 is 1.11 bits per heavy atom. The monoisotopic (exact) mass is 656 g/mol. The van der Waals surface area contributed by atoms with E-state index in [2.05, 4.69) is 15.3 Å². The van der Waals surface area contributed by atoms with E-state index >= 15 is 0 Å². The first kappa shape index (κ1) is 30.3. The lowest BCUT2D eigenvalue weighted by molar-refractivity contribution is -0.0368. The molecule has 14 heteroatoms. The molecule has 3 fully saturated rings. The van der Waals surface area contributed by atoms with Crippen LogP contribution in [-0.2, 0) is 23.6 Å². The lowest BCUT2D eigenvalue weighted by atomic mass is 9.83. The third kappa shape index (κ3) is 4.87. The standard InChI is InChI=1S/C31H38Cl2N8O4/c1-30(2,3)45-29(43)35-31(4)15-16-10-13-19(31)40(16)28-34-26-22(27(42)38(28)5)24(37-41(26)20-9-7-8-14-44-20)17-11-12-18-21(23(17)32)25(33)39(6)36-18/h11-12,16,19-20H,7-10,13-15H2,1-6H3,(H,35,43)/t16-,19+,20?,31+/m0/s1. The molecule has 0 radical (unpaired) electrons. The van der Waals surface area contributed by atoms with E-state index in [0.717, 1.165) is 32.1 Å². The Labute approximate surface area is 270 Å². The first-order chi connectivity index (χ1) is 21.3. The van der Waals surface area contributed by atoms with Crippen LogP contribution in [0, 0.1) is 0 Å². The van der Waals surface area contributed by atoms with Gasteiger partial charge in [0.05, 0.1) is 27.5 Å². The number of anilines is 1. The SMILES string of the molecule is Cn1nc2ccc(-c3nn(C4CCCCO4)c4nc(N5[C@H]6CC[C@@H]5[C@](C)(NC(=O)OC(C)(C)C)C6)n(C)c(=O)c34)c(Cl)c2c1Cl. The summed E-state index contributed by atoms with van der Waals surface area (Å²) in [5.74, 6) is 0.537. The zero-order valence-electron chi connectivity index (χ0n) is 26.4. The molecular weight excluding hydrogens is 619 g/mol. The van der Waals surface area contributed by atoms with Crippen LogP contribution in [0.25, 0.3) is 33.2 Å². The van der Waals surface area contributed by atoms with Crippen LogP contribution in [0.5, 0.6) is 0 Å². The van der Waals surface area contributed by atoms with Gasteiger partial charge in [0.25, 0.3) is 5.56 Å². The van der Waals surface area contributed by atoms with E-state index in [4.69, 9.17) is 42.8 Å². The highest BCUT2D eigenvalue weighted by Gasteiger charge is 2.55. The Morgan fingerprint density at radius 3 is 2.60 bits per heavy atom. The fraction of sp³-hybridized carbons (Fsp3) is 0.581. The zero-order chi connectivity index (χ0) is 32.0. The van der Waals surface area contributed by atoms with Gasteiger partial charge in [-0.2, -0.15) is 15.2 Å². The van der Waals surface area contributed by atoms with Gasteiger partial charge in [0.2, 0.25) is 5.95 Å². The number of rotatable bonds is 4. The molecule has 12 nitrogen and oxygen atoms in total. The molecule has 3 aliphatic heterocycles. The van der Waals surface area contributed by atoms with Gasteiger partial charge in [0.1, 0.15) is 21.8 Å². The molecule has 2 bridgehead atoms. The summed E-state index contributed by atoms with van der Waals surface area (Å²) in [6, 6.07) is 3.68. The molecule has 1 unspecified atom stereocenters. The molecular formula is C31H38Cl2N8O4. The fourth-order valence-corrected chi connectivity index (χ4v) is 8.01. The molecule has 3 saturated heterocycles. The molecule has 1 N–H and O–H groups in total. The summed E-state index contributed by atoms with van der Waals surface area (Å²) in [6.07, 6.45) is 4.35. The Bertz CT molecular complexity index is 1900. The van der Waals surface area contributed by atoms with E-state index in [1.165, 1.54) is 0 Å². The van der Waals surface area contributed by atoms with Gasteiger partial charge in [0.15, 0.2) is 11.9 Å². The Kier molecular flexibility index (Phi) is 7.14. The number of carbonyl (C=O) groups is 1. The average molecular weight is 658 g/mol. The molecule has 240 valence electrons. The molecule has 0 saturated carbocycles. The highest BCUT2D eigenvalue weighted by Crippen LogP contribution is 2.47. The summed E-state index contributed by atoms with van der Waals surface area (Å²) in [5.41, 5.74) is 0.678. The summed E-state index contributed by atoms with van der Waals surface area (Å²) >= 11 is 13.5. The van der Waals surface area contributed by atoms with Crippen LogP contribution >= 0.6 is 23.2 Å². The van der Waals surface area contributed by atoms with Crippen LogP contribution < -0.4 is 15.8 Å². The van der Waals surface area contributed by atoms with Crippen molar-refractivity contribution < 1.29 is 14.3 Å². The average Bonchev–Trinajstić information content (AvgIpc) is 3.69. The number of hydrogen-bond acceptors (Lipinski definition) is 8. The van der Waals surface area contributed by atoms with Crippen molar-refractivity contribution in [3.8, 4) is 11.3 Å². The zero-order valence-corrected chi connectivity index (χ0v) is 27.9. The molecule has 0 aliphatic carbocycles. The smallest absolute Gasteiger partial charge is 0.408 e. The molecule has 3 aliphatic rings. The molecule has 6 heterocycles. The minimum atomic E-state index is -0.610. The van der Waals surface area contributed by atoms with Crippen LogP contribution in [-0.4, -0.2) is 65.0 Å².